The first-order chi connectivity index (χ1) is 17.9. The van der Waals surface area contributed by atoms with Crippen molar-refractivity contribution in [1.29, 1.82) is 0 Å². The highest BCUT2D eigenvalue weighted by molar-refractivity contribution is 6.02. The van der Waals surface area contributed by atoms with E-state index in [1.807, 2.05) is 48.5 Å². The Hall–Kier alpha value is -4.59. The Kier molecular flexibility index (Phi) is 6.64. The lowest BCUT2D eigenvalue weighted by Gasteiger charge is -2.28. The molecule has 7 nitrogen and oxygen atoms in total. The van der Waals surface area contributed by atoms with Crippen LogP contribution in [-0.4, -0.2) is 27.8 Å². The summed E-state index contributed by atoms with van der Waals surface area (Å²) >= 11 is 0. The summed E-state index contributed by atoms with van der Waals surface area (Å²) in [6, 6.07) is 18.2. The van der Waals surface area contributed by atoms with Gasteiger partial charge in [0, 0.05) is 30.3 Å². The molecular weight excluding hydrogens is 471 g/mol. The second-order valence-corrected chi connectivity index (χ2v) is 9.17. The minimum Gasteiger partial charge on any atom is -0.348 e. The molecular formula is C29H25FN4O3. The number of H-pyrrole nitrogens is 1. The first-order valence-corrected chi connectivity index (χ1v) is 11.9. The fourth-order valence-corrected chi connectivity index (χ4v) is 4.67. The van der Waals surface area contributed by atoms with Crippen molar-refractivity contribution in [3.63, 3.8) is 0 Å². The molecule has 5 rings (SSSR count). The van der Waals surface area contributed by atoms with Gasteiger partial charge in [-0.2, -0.15) is 5.10 Å². The SMILES string of the molecule is CC1=C(C(=O)Cc2ccc3[nH]ncc3c2)C(c2ccc(F)c(C(=O)NCc3ccccc3)c2)NC(=O)C1. The minimum atomic E-state index is -0.785. The molecule has 8 heteroatoms. The lowest BCUT2D eigenvalue weighted by molar-refractivity contribution is -0.121. The number of hydrogen-bond acceptors (Lipinski definition) is 4. The number of aromatic amines is 1. The van der Waals surface area contributed by atoms with E-state index in [1.165, 1.54) is 18.2 Å². The average molecular weight is 497 g/mol. The van der Waals surface area contributed by atoms with Gasteiger partial charge in [0.2, 0.25) is 5.91 Å². The Labute approximate surface area is 212 Å². The predicted octanol–water partition coefficient (Wildman–Crippen LogP) is 4.32. The zero-order valence-corrected chi connectivity index (χ0v) is 20.2. The normalized spacial score (nSPS) is 15.5. The third-order valence-electron chi connectivity index (χ3n) is 6.51. The Bertz CT molecular complexity index is 1540. The highest BCUT2D eigenvalue weighted by Gasteiger charge is 2.31. The average Bonchev–Trinajstić information content (AvgIpc) is 3.35. The van der Waals surface area contributed by atoms with Crippen molar-refractivity contribution in [2.45, 2.75) is 32.4 Å². The summed E-state index contributed by atoms with van der Waals surface area (Å²) in [4.78, 5) is 38.7. The van der Waals surface area contributed by atoms with Crippen molar-refractivity contribution < 1.29 is 18.8 Å². The summed E-state index contributed by atoms with van der Waals surface area (Å²) in [5.74, 6) is -1.64. The van der Waals surface area contributed by atoms with Crippen LogP contribution in [0.1, 0.15) is 46.4 Å². The molecule has 1 unspecified atom stereocenters. The molecule has 2 heterocycles. The van der Waals surface area contributed by atoms with Crippen LogP contribution in [0.2, 0.25) is 0 Å². The number of nitrogens with one attached hydrogen (secondary N) is 3. The number of nitrogens with zero attached hydrogens (tertiary/aromatic N) is 1. The second-order valence-electron chi connectivity index (χ2n) is 9.17. The van der Waals surface area contributed by atoms with E-state index in [-0.39, 0.29) is 36.6 Å². The van der Waals surface area contributed by atoms with Crippen LogP contribution in [0.4, 0.5) is 4.39 Å². The minimum absolute atomic E-state index is 0.101. The summed E-state index contributed by atoms with van der Waals surface area (Å²) in [5.41, 5.74) is 3.99. The molecule has 1 aliphatic rings. The molecule has 0 fully saturated rings. The topological polar surface area (TPSA) is 104 Å². The lowest BCUT2D eigenvalue weighted by Crippen LogP contribution is -2.37. The highest BCUT2D eigenvalue weighted by atomic mass is 19.1. The van der Waals surface area contributed by atoms with Gasteiger partial charge in [-0.1, -0.05) is 48.0 Å². The molecule has 0 bridgehead atoms. The highest BCUT2D eigenvalue weighted by Crippen LogP contribution is 2.32. The lowest BCUT2D eigenvalue weighted by atomic mass is 9.85. The number of ketones is 1. The predicted molar refractivity (Wildman–Crippen MR) is 137 cm³/mol. The molecule has 4 aromatic rings. The molecule has 1 aliphatic heterocycles. The smallest absolute Gasteiger partial charge is 0.254 e. The number of rotatable bonds is 7. The van der Waals surface area contributed by atoms with Crippen molar-refractivity contribution in [3.05, 3.63) is 112 Å². The maximum Gasteiger partial charge on any atom is 0.254 e. The maximum atomic E-state index is 14.7. The molecule has 2 amide bonds. The Morgan fingerprint density at radius 1 is 1.05 bits per heavy atom. The monoisotopic (exact) mass is 496 g/mol. The summed E-state index contributed by atoms with van der Waals surface area (Å²) < 4.78 is 14.7. The second kappa shape index (κ2) is 10.2. The quantitative estimate of drug-likeness (QED) is 0.354. The van der Waals surface area contributed by atoms with Crippen molar-refractivity contribution in [2.24, 2.45) is 0 Å². The van der Waals surface area contributed by atoms with Crippen LogP contribution in [0.25, 0.3) is 10.9 Å². The molecule has 37 heavy (non-hydrogen) atoms. The van der Waals surface area contributed by atoms with Gasteiger partial charge in [-0.05, 0) is 47.9 Å². The van der Waals surface area contributed by atoms with Crippen molar-refractivity contribution in [1.82, 2.24) is 20.8 Å². The van der Waals surface area contributed by atoms with Crippen LogP contribution in [0.5, 0.6) is 0 Å². The van der Waals surface area contributed by atoms with Gasteiger partial charge < -0.3 is 10.6 Å². The number of amides is 2. The summed E-state index contributed by atoms with van der Waals surface area (Å²) in [6.45, 7) is 2.00. The largest absolute Gasteiger partial charge is 0.348 e. The molecule has 186 valence electrons. The third kappa shape index (κ3) is 5.18. The van der Waals surface area contributed by atoms with Crippen LogP contribution >= 0.6 is 0 Å². The zero-order valence-electron chi connectivity index (χ0n) is 20.2. The van der Waals surface area contributed by atoms with E-state index in [1.54, 1.807) is 13.1 Å². The summed E-state index contributed by atoms with van der Waals surface area (Å²) in [7, 11) is 0. The first kappa shape index (κ1) is 24.1. The zero-order chi connectivity index (χ0) is 25.9. The summed E-state index contributed by atoms with van der Waals surface area (Å²) in [5, 5.41) is 13.4. The Balaban J connectivity index is 1.41. The molecule has 0 spiro atoms. The van der Waals surface area contributed by atoms with Gasteiger partial charge in [-0.3, -0.25) is 19.5 Å². The van der Waals surface area contributed by atoms with Crippen LogP contribution < -0.4 is 10.6 Å². The van der Waals surface area contributed by atoms with Crippen LogP contribution in [-0.2, 0) is 22.6 Å². The maximum absolute atomic E-state index is 14.7. The molecule has 0 saturated heterocycles. The van der Waals surface area contributed by atoms with Crippen LogP contribution in [0.3, 0.4) is 0 Å². The number of halogens is 1. The number of aromatic nitrogens is 2. The summed E-state index contributed by atoms with van der Waals surface area (Å²) in [6.07, 6.45) is 1.93. The number of Topliss-reactive ketones (excluding diaryl/α,β-unsaturated/α-hetero) is 1. The molecule has 1 atom stereocenters. The van der Waals surface area contributed by atoms with Crippen molar-refractivity contribution in [3.8, 4) is 0 Å². The standard InChI is InChI=1S/C29H25FN4O3/c1-17-11-26(36)33-28(27(17)25(35)13-19-7-10-24-21(12-19)16-32-34-24)20-8-9-23(30)22(14-20)29(37)31-15-18-5-3-2-4-6-18/h2-10,12,14,16,28H,11,13,15H2,1H3,(H,31,37)(H,32,34)(H,33,36). The third-order valence-corrected chi connectivity index (χ3v) is 6.51. The van der Waals surface area contributed by atoms with Gasteiger partial charge in [0.25, 0.3) is 5.91 Å². The molecule has 3 aromatic carbocycles. The van der Waals surface area contributed by atoms with Crippen LogP contribution in [0.15, 0.2) is 84.1 Å². The van der Waals surface area contributed by atoms with E-state index in [2.05, 4.69) is 20.8 Å². The van der Waals surface area contributed by atoms with Crippen molar-refractivity contribution in [2.75, 3.05) is 0 Å². The van der Waals surface area contributed by atoms with E-state index in [9.17, 15) is 18.8 Å². The Morgan fingerprint density at radius 2 is 1.86 bits per heavy atom. The number of carbonyl (C=O) groups is 3. The van der Waals surface area contributed by atoms with Crippen LogP contribution in [0, 0.1) is 5.82 Å². The van der Waals surface area contributed by atoms with E-state index in [4.69, 9.17) is 0 Å². The first-order valence-electron chi connectivity index (χ1n) is 11.9. The van der Waals surface area contributed by atoms with Gasteiger partial charge >= 0.3 is 0 Å². The van der Waals surface area contributed by atoms with Gasteiger partial charge in [-0.25, -0.2) is 4.39 Å². The van der Waals surface area contributed by atoms with Gasteiger partial charge in [-0.15, -0.1) is 0 Å². The molecule has 3 N–H and O–H groups in total. The molecule has 0 radical (unpaired) electrons. The van der Waals surface area contributed by atoms with E-state index in [0.717, 1.165) is 22.0 Å². The fraction of sp³-hybridized carbons (Fsp3) is 0.172. The number of fused-ring (bicyclic) bond motifs is 1. The van der Waals surface area contributed by atoms with Gasteiger partial charge in [0.15, 0.2) is 5.78 Å². The fourth-order valence-electron chi connectivity index (χ4n) is 4.67. The van der Waals surface area contributed by atoms with Crippen molar-refractivity contribution >= 4 is 28.5 Å². The molecule has 1 aromatic heterocycles. The van der Waals surface area contributed by atoms with E-state index < -0.39 is 17.8 Å². The molecule has 0 saturated carbocycles. The Morgan fingerprint density at radius 3 is 2.68 bits per heavy atom. The molecule has 0 aliphatic carbocycles. The van der Waals surface area contributed by atoms with E-state index in [0.29, 0.717) is 16.7 Å². The number of carbonyl (C=O) groups excluding carboxylic acids is 3. The van der Waals surface area contributed by atoms with Gasteiger partial charge in [0.05, 0.1) is 23.3 Å². The number of hydrogen-bond donors (Lipinski definition) is 3. The van der Waals surface area contributed by atoms with E-state index >= 15 is 0 Å². The number of benzene rings is 3. The van der Waals surface area contributed by atoms with Gasteiger partial charge in [0.1, 0.15) is 5.82 Å².